The lowest BCUT2D eigenvalue weighted by atomic mass is 10.0. The molecule has 3 rings (SSSR count). The molecule has 0 amide bonds. The molecule has 0 radical (unpaired) electrons. The van der Waals surface area contributed by atoms with Crippen LogP contribution in [0.15, 0.2) is 48.5 Å². The Morgan fingerprint density at radius 1 is 1.12 bits per heavy atom. The highest BCUT2D eigenvalue weighted by atomic mass is 19.4. The minimum absolute atomic E-state index is 0.158. The first kappa shape index (κ1) is 16.8. The lowest BCUT2D eigenvalue weighted by Crippen LogP contribution is -2.23. The molecule has 1 aliphatic carbocycles. The normalized spacial score (nSPS) is 16.0. The third-order valence-electron chi connectivity index (χ3n) is 4.35. The fourth-order valence-corrected chi connectivity index (χ4v) is 2.88. The molecular formula is C19H20F3NO. The van der Waals surface area contributed by atoms with Gasteiger partial charge in [-0.3, -0.25) is 0 Å². The van der Waals surface area contributed by atoms with Crippen LogP contribution in [0.2, 0.25) is 0 Å². The van der Waals surface area contributed by atoms with Crippen molar-refractivity contribution in [1.29, 1.82) is 0 Å². The molecule has 0 bridgehead atoms. The van der Waals surface area contributed by atoms with Gasteiger partial charge in [-0.05, 0) is 48.1 Å². The first-order valence-corrected chi connectivity index (χ1v) is 8.01. The number of hydrogen-bond donors (Lipinski definition) is 1. The fraction of sp³-hybridized carbons (Fsp3) is 0.368. The van der Waals surface area contributed by atoms with Crippen LogP contribution in [-0.2, 0) is 12.7 Å². The largest absolute Gasteiger partial charge is 0.497 e. The molecule has 1 aliphatic rings. The van der Waals surface area contributed by atoms with E-state index in [0.717, 1.165) is 30.2 Å². The van der Waals surface area contributed by atoms with Gasteiger partial charge in [-0.15, -0.1) is 0 Å². The van der Waals surface area contributed by atoms with Crippen molar-refractivity contribution in [3.63, 3.8) is 0 Å². The highest BCUT2D eigenvalue weighted by Gasteiger charge is 2.33. The highest BCUT2D eigenvalue weighted by molar-refractivity contribution is 5.31. The second-order valence-corrected chi connectivity index (χ2v) is 6.17. The Kier molecular flexibility index (Phi) is 4.81. The zero-order valence-corrected chi connectivity index (χ0v) is 13.4. The molecular weight excluding hydrogens is 315 g/mol. The molecule has 0 spiro atoms. The summed E-state index contributed by atoms with van der Waals surface area (Å²) in [5, 5.41) is 3.42. The number of alkyl halides is 3. The second kappa shape index (κ2) is 6.85. The Morgan fingerprint density at radius 3 is 2.42 bits per heavy atom. The molecule has 2 nitrogen and oxygen atoms in total. The summed E-state index contributed by atoms with van der Waals surface area (Å²) in [6.45, 7) is 0.414. The van der Waals surface area contributed by atoms with Gasteiger partial charge >= 0.3 is 6.18 Å². The van der Waals surface area contributed by atoms with Gasteiger partial charge in [-0.25, -0.2) is 0 Å². The summed E-state index contributed by atoms with van der Waals surface area (Å²) < 4.78 is 43.6. The molecule has 2 aromatic carbocycles. The number of hydrogen-bond acceptors (Lipinski definition) is 2. The molecule has 5 heteroatoms. The Morgan fingerprint density at radius 2 is 1.83 bits per heavy atom. The molecule has 0 heterocycles. The molecule has 1 unspecified atom stereocenters. The Labute approximate surface area is 139 Å². The van der Waals surface area contributed by atoms with Gasteiger partial charge in [0.25, 0.3) is 0 Å². The van der Waals surface area contributed by atoms with E-state index in [1.807, 2.05) is 24.3 Å². The molecule has 2 aromatic rings. The van der Waals surface area contributed by atoms with Crippen LogP contribution in [0.1, 0.15) is 35.6 Å². The molecule has 128 valence electrons. The lowest BCUT2D eigenvalue weighted by Gasteiger charge is -2.19. The maximum absolute atomic E-state index is 12.8. The van der Waals surface area contributed by atoms with Crippen molar-refractivity contribution >= 4 is 0 Å². The third-order valence-corrected chi connectivity index (χ3v) is 4.35. The smallest absolute Gasteiger partial charge is 0.416 e. The van der Waals surface area contributed by atoms with Crippen LogP contribution in [0.5, 0.6) is 5.75 Å². The zero-order valence-electron chi connectivity index (χ0n) is 13.4. The van der Waals surface area contributed by atoms with E-state index in [4.69, 9.17) is 4.74 Å². The number of nitrogens with one attached hydrogen (secondary N) is 1. The highest BCUT2D eigenvalue weighted by Crippen LogP contribution is 2.41. The Hall–Kier alpha value is -2.01. The summed E-state index contributed by atoms with van der Waals surface area (Å²) in [6, 6.07) is 13.5. The van der Waals surface area contributed by atoms with E-state index in [-0.39, 0.29) is 6.04 Å². The monoisotopic (exact) mass is 335 g/mol. The van der Waals surface area contributed by atoms with Crippen LogP contribution in [0.25, 0.3) is 0 Å². The summed E-state index contributed by atoms with van der Waals surface area (Å²) in [5.74, 6) is 1.34. The summed E-state index contributed by atoms with van der Waals surface area (Å²) >= 11 is 0. The number of methoxy groups -OCH3 is 1. The number of ether oxygens (including phenoxy) is 1. The van der Waals surface area contributed by atoms with Gasteiger partial charge < -0.3 is 10.1 Å². The summed E-state index contributed by atoms with van der Waals surface area (Å²) in [4.78, 5) is 0. The maximum Gasteiger partial charge on any atom is 0.416 e. The van der Waals surface area contributed by atoms with Gasteiger partial charge in [-0.2, -0.15) is 13.2 Å². The van der Waals surface area contributed by atoms with E-state index < -0.39 is 11.7 Å². The van der Waals surface area contributed by atoms with Gasteiger partial charge in [0.15, 0.2) is 0 Å². The van der Waals surface area contributed by atoms with Crippen LogP contribution in [-0.4, -0.2) is 7.11 Å². The molecule has 0 aromatic heterocycles. The lowest BCUT2D eigenvalue weighted by molar-refractivity contribution is -0.137. The minimum Gasteiger partial charge on any atom is -0.497 e. The number of rotatable bonds is 6. The van der Waals surface area contributed by atoms with Gasteiger partial charge in [0.1, 0.15) is 5.75 Å². The SMILES string of the molecule is COc1ccc(C(NCc2cccc(C(F)(F)F)c2)C2CC2)cc1. The predicted molar refractivity (Wildman–Crippen MR) is 86.7 cm³/mol. The molecule has 0 saturated heterocycles. The first-order valence-electron chi connectivity index (χ1n) is 8.01. The van der Waals surface area contributed by atoms with E-state index in [0.29, 0.717) is 18.0 Å². The van der Waals surface area contributed by atoms with Crippen LogP contribution in [0.4, 0.5) is 13.2 Å². The average molecular weight is 335 g/mol. The quantitative estimate of drug-likeness (QED) is 0.806. The molecule has 24 heavy (non-hydrogen) atoms. The fourth-order valence-electron chi connectivity index (χ4n) is 2.88. The number of halogens is 3. The minimum atomic E-state index is -4.30. The van der Waals surface area contributed by atoms with Gasteiger partial charge in [0.2, 0.25) is 0 Å². The zero-order chi connectivity index (χ0) is 17.2. The van der Waals surface area contributed by atoms with Gasteiger partial charge in [0, 0.05) is 12.6 Å². The van der Waals surface area contributed by atoms with Crippen molar-refractivity contribution in [2.45, 2.75) is 31.6 Å². The molecule has 1 N–H and O–H groups in total. The van der Waals surface area contributed by atoms with Crippen LogP contribution < -0.4 is 10.1 Å². The van der Waals surface area contributed by atoms with Crippen LogP contribution in [0.3, 0.4) is 0 Å². The summed E-state index contributed by atoms with van der Waals surface area (Å²) in [6.07, 6.45) is -2.01. The van der Waals surface area contributed by atoms with Crippen molar-refractivity contribution in [3.8, 4) is 5.75 Å². The van der Waals surface area contributed by atoms with Crippen molar-refractivity contribution in [3.05, 3.63) is 65.2 Å². The number of benzene rings is 2. The molecule has 1 fully saturated rings. The van der Waals surface area contributed by atoms with Gasteiger partial charge in [-0.1, -0.05) is 30.3 Å². The van der Waals surface area contributed by atoms with Crippen LogP contribution >= 0.6 is 0 Å². The van der Waals surface area contributed by atoms with E-state index in [2.05, 4.69) is 5.32 Å². The first-order chi connectivity index (χ1) is 11.5. The summed E-state index contributed by atoms with van der Waals surface area (Å²) in [5.41, 5.74) is 1.18. The van der Waals surface area contributed by atoms with Gasteiger partial charge in [0.05, 0.1) is 12.7 Å². The van der Waals surface area contributed by atoms with Crippen molar-refractivity contribution < 1.29 is 17.9 Å². The summed E-state index contributed by atoms with van der Waals surface area (Å²) in [7, 11) is 1.62. The van der Waals surface area contributed by atoms with E-state index in [1.54, 1.807) is 13.2 Å². The molecule has 1 saturated carbocycles. The van der Waals surface area contributed by atoms with E-state index >= 15 is 0 Å². The maximum atomic E-state index is 12.8. The third kappa shape index (κ3) is 4.09. The topological polar surface area (TPSA) is 21.3 Å². The van der Waals surface area contributed by atoms with Crippen molar-refractivity contribution in [2.75, 3.05) is 7.11 Å². The van der Waals surface area contributed by atoms with E-state index in [1.165, 1.54) is 12.1 Å². The van der Waals surface area contributed by atoms with Crippen molar-refractivity contribution in [2.24, 2.45) is 5.92 Å². The second-order valence-electron chi connectivity index (χ2n) is 6.17. The van der Waals surface area contributed by atoms with Crippen LogP contribution in [0, 0.1) is 5.92 Å². The van der Waals surface area contributed by atoms with Crippen molar-refractivity contribution in [1.82, 2.24) is 5.32 Å². The Bertz CT molecular complexity index is 678. The standard InChI is InChI=1S/C19H20F3NO/c1-24-17-9-7-15(8-10-17)18(14-5-6-14)23-12-13-3-2-4-16(11-13)19(20,21)22/h2-4,7-11,14,18,23H,5-6,12H2,1H3. The average Bonchev–Trinajstić information content (AvgIpc) is 3.40. The predicted octanol–water partition coefficient (Wildman–Crippen LogP) is 4.95. The molecule has 0 aliphatic heterocycles. The Balaban J connectivity index is 1.70. The molecule has 1 atom stereocenters. The van der Waals surface area contributed by atoms with E-state index in [9.17, 15) is 13.2 Å².